The summed E-state index contributed by atoms with van der Waals surface area (Å²) in [6.07, 6.45) is 1.52. The van der Waals surface area contributed by atoms with Crippen molar-refractivity contribution in [1.82, 2.24) is 9.62 Å². The first-order valence-corrected chi connectivity index (χ1v) is 11.1. The van der Waals surface area contributed by atoms with Crippen LogP contribution in [0, 0.1) is 5.92 Å². The summed E-state index contributed by atoms with van der Waals surface area (Å²) in [6, 6.07) is 4.93. The number of amides is 1. The van der Waals surface area contributed by atoms with E-state index in [1.807, 2.05) is 6.92 Å². The molecule has 8 heteroatoms. The summed E-state index contributed by atoms with van der Waals surface area (Å²) >= 11 is 0. The minimum Gasteiger partial charge on any atom is -0.492 e. The Morgan fingerprint density at radius 3 is 2.59 bits per heavy atom. The van der Waals surface area contributed by atoms with Crippen LogP contribution in [-0.4, -0.2) is 50.9 Å². The SMILES string of the molecule is CCOc1ccc(S(=O)(=O)N(CC)CC)cc1NC(=O)[C@H]1CCN[C@@H](C)C1. The molecule has 1 aromatic rings. The predicted molar refractivity (Wildman–Crippen MR) is 107 cm³/mol. The number of hydrogen-bond donors (Lipinski definition) is 2. The maximum atomic E-state index is 12.8. The summed E-state index contributed by atoms with van der Waals surface area (Å²) in [6.45, 7) is 9.51. The van der Waals surface area contributed by atoms with Crippen LogP contribution in [0.15, 0.2) is 23.1 Å². The lowest BCUT2D eigenvalue weighted by atomic mass is 9.92. The van der Waals surface area contributed by atoms with E-state index in [1.165, 1.54) is 16.4 Å². The molecule has 1 saturated heterocycles. The Hall–Kier alpha value is -1.64. The molecule has 0 aromatic heterocycles. The summed E-state index contributed by atoms with van der Waals surface area (Å²) in [4.78, 5) is 12.9. The molecule has 1 amide bonds. The van der Waals surface area contributed by atoms with Crippen LogP contribution in [0.2, 0.25) is 0 Å². The third kappa shape index (κ3) is 5.21. The molecule has 27 heavy (non-hydrogen) atoms. The molecule has 2 atom stereocenters. The lowest BCUT2D eigenvalue weighted by Gasteiger charge is -2.27. The van der Waals surface area contributed by atoms with E-state index in [0.717, 1.165) is 19.4 Å². The molecule has 1 heterocycles. The molecule has 2 rings (SSSR count). The highest BCUT2D eigenvalue weighted by Gasteiger charge is 2.27. The first-order valence-electron chi connectivity index (χ1n) is 9.64. The second-order valence-electron chi connectivity index (χ2n) is 6.75. The van der Waals surface area contributed by atoms with Gasteiger partial charge < -0.3 is 15.4 Å². The maximum absolute atomic E-state index is 12.8. The van der Waals surface area contributed by atoms with Crippen LogP contribution in [-0.2, 0) is 14.8 Å². The monoisotopic (exact) mass is 397 g/mol. The van der Waals surface area contributed by atoms with Crippen LogP contribution in [0.25, 0.3) is 0 Å². The Morgan fingerprint density at radius 2 is 2.00 bits per heavy atom. The molecule has 1 aliphatic rings. The molecule has 0 saturated carbocycles. The fourth-order valence-electron chi connectivity index (χ4n) is 3.37. The van der Waals surface area contributed by atoms with Gasteiger partial charge in [0.05, 0.1) is 17.2 Å². The summed E-state index contributed by atoms with van der Waals surface area (Å²) in [5.41, 5.74) is 0.404. The van der Waals surface area contributed by atoms with Crippen molar-refractivity contribution < 1.29 is 17.9 Å². The van der Waals surface area contributed by atoms with Crippen molar-refractivity contribution in [3.05, 3.63) is 18.2 Å². The number of piperidine rings is 1. The molecule has 7 nitrogen and oxygen atoms in total. The second-order valence-corrected chi connectivity index (χ2v) is 8.68. The van der Waals surface area contributed by atoms with Gasteiger partial charge in [-0.3, -0.25) is 4.79 Å². The molecule has 0 spiro atoms. The number of ether oxygens (including phenoxy) is 1. The molecular weight excluding hydrogens is 366 g/mol. The number of carbonyl (C=O) groups is 1. The zero-order valence-electron chi connectivity index (χ0n) is 16.6. The van der Waals surface area contributed by atoms with Crippen molar-refractivity contribution in [3.63, 3.8) is 0 Å². The van der Waals surface area contributed by atoms with Gasteiger partial charge >= 0.3 is 0 Å². The Labute approximate surface area is 162 Å². The van der Waals surface area contributed by atoms with E-state index >= 15 is 0 Å². The number of hydrogen-bond acceptors (Lipinski definition) is 5. The van der Waals surface area contributed by atoms with Gasteiger partial charge in [0.2, 0.25) is 15.9 Å². The molecule has 1 aliphatic heterocycles. The zero-order valence-corrected chi connectivity index (χ0v) is 17.4. The highest BCUT2D eigenvalue weighted by molar-refractivity contribution is 7.89. The van der Waals surface area contributed by atoms with E-state index in [4.69, 9.17) is 4.74 Å². The fraction of sp³-hybridized carbons (Fsp3) is 0.632. The molecule has 0 radical (unpaired) electrons. The van der Waals surface area contributed by atoms with Crippen molar-refractivity contribution in [1.29, 1.82) is 0 Å². The number of sulfonamides is 1. The van der Waals surface area contributed by atoms with Crippen LogP contribution >= 0.6 is 0 Å². The first-order chi connectivity index (χ1) is 12.8. The molecule has 0 unspecified atom stereocenters. The van der Waals surface area contributed by atoms with Gasteiger partial charge in [-0.15, -0.1) is 0 Å². The van der Waals surface area contributed by atoms with Gasteiger partial charge in [-0.2, -0.15) is 4.31 Å². The van der Waals surface area contributed by atoms with Crippen LogP contribution in [0.5, 0.6) is 5.75 Å². The Bertz CT molecular complexity index is 747. The van der Waals surface area contributed by atoms with Gasteiger partial charge in [0.15, 0.2) is 0 Å². The number of carbonyl (C=O) groups excluding carboxylic acids is 1. The zero-order chi connectivity index (χ0) is 20.0. The van der Waals surface area contributed by atoms with Gasteiger partial charge in [-0.1, -0.05) is 13.8 Å². The van der Waals surface area contributed by atoms with Crippen molar-refractivity contribution in [2.75, 3.05) is 31.6 Å². The smallest absolute Gasteiger partial charge is 0.243 e. The van der Waals surface area contributed by atoms with Crippen LogP contribution < -0.4 is 15.4 Å². The van der Waals surface area contributed by atoms with E-state index < -0.39 is 10.0 Å². The summed E-state index contributed by atoms with van der Waals surface area (Å²) < 4.78 is 32.6. The minimum atomic E-state index is -3.61. The Balaban J connectivity index is 2.31. The van der Waals surface area contributed by atoms with E-state index in [2.05, 4.69) is 17.6 Å². The van der Waals surface area contributed by atoms with Crippen LogP contribution in [0.1, 0.15) is 40.5 Å². The van der Waals surface area contributed by atoms with Gasteiger partial charge in [-0.05, 0) is 51.4 Å². The number of nitrogens with zero attached hydrogens (tertiary/aromatic N) is 1. The topological polar surface area (TPSA) is 87.7 Å². The minimum absolute atomic E-state index is 0.0957. The Morgan fingerprint density at radius 1 is 1.30 bits per heavy atom. The molecule has 0 aliphatic carbocycles. The molecule has 0 bridgehead atoms. The van der Waals surface area contributed by atoms with Crippen LogP contribution in [0.3, 0.4) is 0 Å². The highest BCUT2D eigenvalue weighted by atomic mass is 32.2. The second kappa shape index (κ2) is 9.52. The summed E-state index contributed by atoms with van der Waals surface area (Å²) in [5.74, 6) is 0.284. The average molecular weight is 398 g/mol. The van der Waals surface area contributed by atoms with E-state index in [0.29, 0.717) is 31.1 Å². The summed E-state index contributed by atoms with van der Waals surface area (Å²) in [7, 11) is -3.61. The van der Waals surface area contributed by atoms with Crippen molar-refractivity contribution >= 4 is 21.6 Å². The standard InChI is InChI=1S/C19H31N3O4S/c1-5-22(6-2)27(24,25)16-8-9-18(26-7-3)17(13-16)21-19(23)15-10-11-20-14(4)12-15/h8-9,13-15,20H,5-7,10-12H2,1-4H3,(H,21,23)/t14-,15-/m0/s1. The fourth-order valence-corrected chi connectivity index (χ4v) is 4.85. The average Bonchev–Trinajstić information content (AvgIpc) is 2.64. The van der Waals surface area contributed by atoms with Crippen LogP contribution in [0.4, 0.5) is 5.69 Å². The molecule has 1 fully saturated rings. The van der Waals surface area contributed by atoms with Crippen molar-refractivity contribution in [3.8, 4) is 5.75 Å². The normalized spacial score (nSPS) is 20.5. The van der Waals surface area contributed by atoms with Gasteiger partial charge in [-0.25, -0.2) is 8.42 Å². The van der Waals surface area contributed by atoms with Gasteiger partial charge in [0, 0.05) is 25.0 Å². The number of anilines is 1. The van der Waals surface area contributed by atoms with Gasteiger partial charge in [0.1, 0.15) is 5.75 Å². The number of nitrogens with one attached hydrogen (secondary N) is 2. The number of rotatable bonds is 8. The van der Waals surface area contributed by atoms with Crippen molar-refractivity contribution in [2.45, 2.75) is 51.5 Å². The van der Waals surface area contributed by atoms with Crippen molar-refractivity contribution in [2.24, 2.45) is 5.92 Å². The molecule has 1 aromatic carbocycles. The predicted octanol–water partition coefficient (Wildman–Crippen LogP) is 2.44. The molecule has 2 N–H and O–H groups in total. The highest BCUT2D eigenvalue weighted by Crippen LogP contribution is 2.30. The lowest BCUT2D eigenvalue weighted by molar-refractivity contribution is -0.120. The first kappa shape index (κ1) is 21.7. The Kier molecular flexibility index (Phi) is 7.64. The van der Waals surface area contributed by atoms with E-state index in [1.54, 1.807) is 19.9 Å². The van der Waals surface area contributed by atoms with Gasteiger partial charge in [0.25, 0.3) is 0 Å². The maximum Gasteiger partial charge on any atom is 0.243 e. The largest absolute Gasteiger partial charge is 0.492 e. The lowest BCUT2D eigenvalue weighted by Crippen LogP contribution is -2.40. The van der Waals surface area contributed by atoms with E-state index in [-0.39, 0.29) is 22.8 Å². The summed E-state index contributed by atoms with van der Waals surface area (Å²) in [5, 5.41) is 6.23. The third-order valence-corrected chi connectivity index (χ3v) is 6.89. The molecular formula is C19H31N3O4S. The quantitative estimate of drug-likeness (QED) is 0.703. The number of benzene rings is 1. The third-order valence-electron chi connectivity index (χ3n) is 4.85. The van der Waals surface area contributed by atoms with E-state index in [9.17, 15) is 13.2 Å². The molecule has 152 valence electrons.